The first-order valence-electron chi connectivity index (χ1n) is 8.43. The number of rotatable bonds is 6. The Morgan fingerprint density at radius 2 is 2.00 bits per heavy atom. The summed E-state index contributed by atoms with van der Waals surface area (Å²) in [4.78, 5) is 25.1. The molecule has 1 heterocycles. The molecule has 0 spiro atoms. The van der Waals surface area contributed by atoms with E-state index in [1.54, 1.807) is 4.90 Å². The van der Waals surface area contributed by atoms with E-state index >= 15 is 0 Å². The highest BCUT2D eigenvalue weighted by atomic mass is 35.5. The lowest BCUT2D eigenvalue weighted by atomic mass is 10.0. The van der Waals surface area contributed by atoms with Crippen LogP contribution in [0.5, 0.6) is 5.75 Å². The first-order valence-corrected chi connectivity index (χ1v) is 8.43. The van der Waals surface area contributed by atoms with Gasteiger partial charge in [-0.05, 0) is 50.3 Å². The van der Waals surface area contributed by atoms with Crippen LogP contribution >= 0.6 is 12.4 Å². The third kappa shape index (κ3) is 4.83. The Morgan fingerprint density at radius 3 is 2.56 bits per heavy atom. The number of hydrogen-bond acceptors (Lipinski definition) is 5. The Bertz CT molecular complexity index is 628. The van der Waals surface area contributed by atoms with Crippen molar-refractivity contribution in [2.75, 3.05) is 26.7 Å². The molecule has 0 unspecified atom stereocenters. The van der Waals surface area contributed by atoms with Crippen molar-refractivity contribution in [2.24, 2.45) is 5.92 Å². The van der Waals surface area contributed by atoms with Gasteiger partial charge in [0.2, 0.25) is 0 Å². The monoisotopic (exact) mass is 369 g/mol. The van der Waals surface area contributed by atoms with Crippen LogP contribution in [0.2, 0.25) is 0 Å². The number of amides is 1. The van der Waals surface area contributed by atoms with Crippen molar-refractivity contribution in [2.45, 2.75) is 31.7 Å². The molecule has 1 saturated carbocycles. The lowest BCUT2D eigenvalue weighted by Gasteiger charge is -2.32. The van der Waals surface area contributed by atoms with Crippen molar-refractivity contribution < 1.29 is 14.5 Å². The van der Waals surface area contributed by atoms with Crippen molar-refractivity contribution in [3.05, 3.63) is 33.9 Å². The molecular weight excluding hydrogens is 346 g/mol. The smallest absolute Gasteiger partial charge is 0.282 e. The third-order valence-electron chi connectivity index (χ3n) is 4.81. The van der Waals surface area contributed by atoms with Gasteiger partial charge in [-0.25, -0.2) is 0 Å². The Hall–Kier alpha value is -1.86. The van der Waals surface area contributed by atoms with E-state index in [1.165, 1.54) is 38.2 Å². The SMILES string of the molecule is COc1ccc([N+](=O)[O-])c(C(=O)N2CCC(NCC3CC3)CC2)c1.Cl. The highest BCUT2D eigenvalue weighted by Crippen LogP contribution is 2.29. The molecule has 1 aliphatic heterocycles. The van der Waals surface area contributed by atoms with E-state index in [0.29, 0.717) is 24.9 Å². The number of benzene rings is 1. The van der Waals surface area contributed by atoms with Crippen molar-refractivity contribution >= 4 is 24.0 Å². The highest BCUT2D eigenvalue weighted by Gasteiger charge is 2.29. The van der Waals surface area contributed by atoms with Crippen LogP contribution in [-0.4, -0.2) is 48.5 Å². The largest absolute Gasteiger partial charge is 0.497 e. The topological polar surface area (TPSA) is 84.7 Å². The second-order valence-corrected chi connectivity index (χ2v) is 6.56. The Balaban J connectivity index is 0.00000225. The zero-order chi connectivity index (χ0) is 17.1. The molecule has 2 fully saturated rings. The predicted molar refractivity (Wildman–Crippen MR) is 96.5 cm³/mol. The van der Waals surface area contributed by atoms with Crippen LogP contribution in [0.4, 0.5) is 5.69 Å². The average Bonchev–Trinajstić information content (AvgIpc) is 3.43. The number of nitrogens with zero attached hydrogens (tertiary/aromatic N) is 2. The molecule has 1 aromatic carbocycles. The lowest BCUT2D eigenvalue weighted by Crippen LogP contribution is -2.45. The van der Waals surface area contributed by atoms with Crippen LogP contribution in [0.3, 0.4) is 0 Å². The van der Waals surface area contributed by atoms with Gasteiger partial charge in [0, 0.05) is 25.2 Å². The maximum atomic E-state index is 12.7. The molecule has 1 amide bonds. The molecule has 1 N–H and O–H groups in total. The molecule has 8 heteroatoms. The van der Waals surface area contributed by atoms with Crippen LogP contribution in [0.25, 0.3) is 0 Å². The maximum Gasteiger partial charge on any atom is 0.282 e. The van der Waals surface area contributed by atoms with Gasteiger partial charge in [0.25, 0.3) is 11.6 Å². The minimum absolute atomic E-state index is 0. The van der Waals surface area contributed by atoms with Gasteiger partial charge in [-0.3, -0.25) is 14.9 Å². The summed E-state index contributed by atoms with van der Waals surface area (Å²) in [6, 6.07) is 4.73. The van der Waals surface area contributed by atoms with Gasteiger partial charge in [0.1, 0.15) is 11.3 Å². The molecule has 0 bridgehead atoms. The highest BCUT2D eigenvalue weighted by molar-refractivity contribution is 5.98. The zero-order valence-corrected chi connectivity index (χ0v) is 15.1. The molecule has 0 radical (unpaired) electrons. The van der Waals surface area contributed by atoms with E-state index in [4.69, 9.17) is 4.74 Å². The molecule has 25 heavy (non-hydrogen) atoms. The number of nitrogens with one attached hydrogen (secondary N) is 1. The maximum absolute atomic E-state index is 12.7. The minimum Gasteiger partial charge on any atom is -0.497 e. The quantitative estimate of drug-likeness (QED) is 0.615. The second-order valence-electron chi connectivity index (χ2n) is 6.56. The van der Waals surface area contributed by atoms with Crippen LogP contribution in [0.15, 0.2) is 18.2 Å². The van der Waals surface area contributed by atoms with E-state index in [9.17, 15) is 14.9 Å². The van der Waals surface area contributed by atoms with Crippen LogP contribution in [-0.2, 0) is 0 Å². The van der Waals surface area contributed by atoms with Gasteiger partial charge in [-0.1, -0.05) is 0 Å². The number of hydrogen-bond donors (Lipinski definition) is 1. The number of methoxy groups -OCH3 is 1. The van der Waals surface area contributed by atoms with Crippen molar-refractivity contribution in [3.63, 3.8) is 0 Å². The third-order valence-corrected chi connectivity index (χ3v) is 4.81. The van der Waals surface area contributed by atoms with Gasteiger partial charge in [-0.2, -0.15) is 0 Å². The van der Waals surface area contributed by atoms with E-state index in [0.717, 1.165) is 25.3 Å². The number of halogens is 1. The van der Waals surface area contributed by atoms with Crippen LogP contribution in [0.1, 0.15) is 36.0 Å². The van der Waals surface area contributed by atoms with Crippen LogP contribution < -0.4 is 10.1 Å². The molecule has 138 valence electrons. The van der Waals surface area contributed by atoms with Gasteiger partial charge in [0.15, 0.2) is 0 Å². The lowest BCUT2D eigenvalue weighted by molar-refractivity contribution is -0.385. The first kappa shape index (κ1) is 19.5. The van der Waals surface area contributed by atoms with E-state index in [-0.39, 0.29) is 29.6 Å². The molecule has 1 aromatic rings. The number of nitro groups is 1. The molecule has 2 aliphatic rings. The number of carbonyl (C=O) groups excluding carboxylic acids is 1. The summed E-state index contributed by atoms with van der Waals surface area (Å²) in [6.07, 6.45) is 4.42. The second kappa shape index (κ2) is 8.49. The minimum atomic E-state index is -0.517. The van der Waals surface area contributed by atoms with Crippen molar-refractivity contribution in [3.8, 4) is 5.75 Å². The molecule has 1 aliphatic carbocycles. The van der Waals surface area contributed by atoms with Gasteiger partial charge in [0.05, 0.1) is 12.0 Å². The average molecular weight is 370 g/mol. The van der Waals surface area contributed by atoms with Gasteiger partial charge >= 0.3 is 0 Å². The molecule has 3 rings (SSSR count). The van der Waals surface area contributed by atoms with E-state index < -0.39 is 4.92 Å². The molecule has 1 saturated heterocycles. The summed E-state index contributed by atoms with van der Waals surface area (Å²) in [5, 5.41) is 14.8. The standard InChI is InChI=1S/C17H23N3O4.ClH/c1-24-14-4-5-16(20(22)23)15(10-14)17(21)19-8-6-13(7-9-19)18-11-12-2-3-12;/h4-5,10,12-13,18H,2-3,6-9,11H2,1H3;1H. The molecule has 7 nitrogen and oxygen atoms in total. The normalized spacial score (nSPS) is 17.7. The summed E-state index contributed by atoms with van der Waals surface area (Å²) >= 11 is 0. The number of likely N-dealkylation sites (tertiary alicyclic amines) is 1. The zero-order valence-electron chi connectivity index (χ0n) is 14.3. The van der Waals surface area contributed by atoms with Gasteiger partial charge < -0.3 is 15.0 Å². The first-order chi connectivity index (χ1) is 11.6. The van der Waals surface area contributed by atoms with Crippen molar-refractivity contribution in [1.82, 2.24) is 10.2 Å². The van der Waals surface area contributed by atoms with Crippen molar-refractivity contribution in [1.29, 1.82) is 0 Å². The molecule has 0 atom stereocenters. The Labute approximate surface area is 153 Å². The Kier molecular flexibility index (Phi) is 6.61. The molecular formula is C17H24ClN3O4. The van der Waals surface area contributed by atoms with Crippen LogP contribution in [0, 0.1) is 16.0 Å². The van der Waals surface area contributed by atoms with Gasteiger partial charge in [-0.15, -0.1) is 12.4 Å². The van der Waals surface area contributed by atoms with E-state index in [1.807, 2.05) is 0 Å². The fourth-order valence-corrected chi connectivity index (χ4v) is 3.08. The summed E-state index contributed by atoms with van der Waals surface area (Å²) in [7, 11) is 1.48. The summed E-state index contributed by atoms with van der Waals surface area (Å²) < 4.78 is 5.10. The summed E-state index contributed by atoms with van der Waals surface area (Å²) in [5.41, 5.74) is -0.0708. The predicted octanol–water partition coefficient (Wildman–Crippen LogP) is 2.63. The summed E-state index contributed by atoms with van der Waals surface area (Å²) in [6.45, 7) is 2.31. The summed E-state index contributed by atoms with van der Waals surface area (Å²) in [5.74, 6) is 0.996. The molecule has 0 aromatic heterocycles. The fraction of sp³-hybridized carbons (Fsp3) is 0.588. The van der Waals surface area contributed by atoms with E-state index in [2.05, 4.69) is 5.32 Å². The fourth-order valence-electron chi connectivity index (χ4n) is 3.08. The number of piperidine rings is 1. The number of carbonyl (C=O) groups is 1. The Morgan fingerprint density at radius 1 is 1.32 bits per heavy atom. The number of ether oxygens (including phenoxy) is 1. The number of nitro benzene ring substituents is 1.